The van der Waals surface area contributed by atoms with Crippen LogP contribution in [0, 0.1) is 11.8 Å². The van der Waals surface area contributed by atoms with Crippen LogP contribution >= 0.6 is 0 Å². The molecule has 0 aromatic heterocycles. The van der Waals surface area contributed by atoms with Crippen molar-refractivity contribution in [2.24, 2.45) is 11.8 Å². The average Bonchev–Trinajstić information content (AvgIpc) is 3.49. The van der Waals surface area contributed by atoms with Crippen molar-refractivity contribution in [2.45, 2.75) is 24.7 Å². The van der Waals surface area contributed by atoms with Crippen LogP contribution in [0.2, 0.25) is 0 Å². The Bertz CT molecular complexity index is 653. The number of carbonyl (C=O) groups excluding carboxylic acids is 2. The topological polar surface area (TPSA) is 80.3 Å². The fourth-order valence-electron chi connectivity index (χ4n) is 3.05. The zero-order chi connectivity index (χ0) is 17.1. The van der Waals surface area contributed by atoms with Gasteiger partial charge in [-0.05, 0) is 35.8 Å². The number of carboxylic acids is 2. The summed E-state index contributed by atoms with van der Waals surface area (Å²) in [7, 11) is 0. The molecule has 5 heteroatoms. The van der Waals surface area contributed by atoms with Gasteiger partial charge >= 0.3 is 17.1 Å². The third kappa shape index (κ3) is 4.94. The first-order chi connectivity index (χ1) is 11.6. The van der Waals surface area contributed by atoms with E-state index < -0.39 is 11.9 Å². The van der Waals surface area contributed by atoms with Crippen LogP contribution in [0.5, 0.6) is 0 Å². The van der Waals surface area contributed by atoms with Crippen LogP contribution in [0.25, 0.3) is 0 Å². The summed E-state index contributed by atoms with van der Waals surface area (Å²) in [5.41, 5.74) is 2.23. The number of carbonyl (C=O) groups is 2. The second-order valence-electron chi connectivity index (χ2n) is 6.36. The molecule has 2 aliphatic carbocycles. The fraction of sp³-hybridized carbons (Fsp3) is 0.300. The standard InChI is InChI=1S/2C10H10O2.Cu/c2*11-10(12)9-6-8(9)7-4-2-1-3-5-7;/h2*1-5,8-9H,6H2,(H,11,12);/q;;+2/p-2/t8-,9+;;/m0../s1. The zero-order valence-electron chi connectivity index (χ0n) is 13.4. The Kier molecular flexibility index (Phi) is 6.40. The Hall–Kier alpha value is -2.10. The first-order valence-corrected chi connectivity index (χ1v) is 8.09. The second kappa shape index (κ2) is 8.32. The summed E-state index contributed by atoms with van der Waals surface area (Å²) >= 11 is 0. The number of aliphatic carboxylic acids is 2. The monoisotopic (exact) mass is 385 g/mol. The van der Waals surface area contributed by atoms with E-state index in [9.17, 15) is 19.8 Å². The van der Waals surface area contributed by atoms with Gasteiger partial charge in [-0.15, -0.1) is 0 Å². The van der Waals surface area contributed by atoms with Crippen LogP contribution in [-0.2, 0) is 26.7 Å². The smallest absolute Gasteiger partial charge is 0.550 e. The Morgan fingerprint density at radius 2 is 1.00 bits per heavy atom. The van der Waals surface area contributed by atoms with Crippen molar-refractivity contribution >= 4 is 11.9 Å². The summed E-state index contributed by atoms with van der Waals surface area (Å²) in [6, 6.07) is 19.4. The third-order valence-electron chi connectivity index (χ3n) is 4.64. The zero-order valence-corrected chi connectivity index (χ0v) is 14.4. The number of hydrogen-bond acceptors (Lipinski definition) is 4. The summed E-state index contributed by atoms with van der Waals surface area (Å²) in [4.78, 5) is 20.9. The van der Waals surface area contributed by atoms with Crippen molar-refractivity contribution in [2.75, 3.05) is 0 Å². The Labute approximate surface area is 157 Å². The van der Waals surface area contributed by atoms with E-state index in [1.54, 1.807) is 0 Å². The van der Waals surface area contributed by atoms with Crippen LogP contribution in [0.15, 0.2) is 60.7 Å². The van der Waals surface area contributed by atoms with E-state index in [4.69, 9.17) is 0 Å². The van der Waals surface area contributed by atoms with E-state index in [0.717, 1.165) is 24.0 Å². The molecule has 0 N–H and O–H groups in total. The van der Waals surface area contributed by atoms with Gasteiger partial charge in [-0.2, -0.15) is 0 Å². The quantitative estimate of drug-likeness (QED) is 0.737. The number of carboxylic acid groups (broad SMARTS) is 2. The molecule has 133 valence electrons. The van der Waals surface area contributed by atoms with Gasteiger partial charge in [0.25, 0.3) is 0 Å². The van der Waals surface area contributed by atoms with E-state index in [1.165, 1.54) is 0 Å². The molecule has 2 fully saturated rings. The van der Waals surface area contributed by atoms with Crippen LogP contribution in [0.1, 0.15) is 35.8 Å². The molecule has 2 unspecified atom stereocenters. The first-order valence-electron chi connectivity index (χ1n) is 8.09. The molecule has 0 bridgehead atoms. The number of rotatable bonds is 4. The molecule has 4 atom stereocenters. The fourth-order valence-corrected chi connectivity index (χ4v) is 3.05. The van der Waals surface area contributed by atoms with Gasteiger partial charge in [0.15, 0.2) is 0 Å². The minimum atomic E-state index is -0.913. The van der Waals surface area contributed by atoms with Crippen LogP contribution in [0.4, 0.5) is 0 Å². The minimum Gasteiger partial charge on any atom is -0.550 e. The maximum atomic E-state index is 10.4. The van der Waals surface area contributed by atoms with Crippen LogP contribution in [0.3, 0.4) is 0 Å². The van der Waals surface area contributed by atoms with Crippen molar-refractivity contribution in [3.8, 4) is 0 Å². The molecule has 2 aromatic rings. The predicted octanol–water partition coefficient (Wildman–Crippen LogP) is 1.08. The molecule has 4 rings (SSSR count). The largest absolute Gasteiger partial charge is 2.00 e. The van der Waals surface area contributed by atoms with Gasteiger partial charge in [-0.1, -0.05) is 60.7 Å². The van der Waals surface area contributed by atoms with E-state index in [-0.39, 0.29) is 40.7 Å². The minimum absolute atomic E-state index is 0. The molecule has 0 saturated heterocycles. The number of benzene rings is 2. The van der Waals surface area contributed by atoms with Crippen molar-refractivity contribution in [1.82, 2.24) is 0 Å². The Morgan fingerprint density at radius 3 is 1.24 bits per heavy atom. The first kappa shape index (κ1) is 19.2. The Balaban J connectivity index is 0.000000173. The molecule has 2 saturated carbocycles. The van der Waals surface area contributed by atoms with Gasteiger partial charge in [0.1, 0.15) is 0 Å². The average molecular weight is 386 g/mol. The van der Waals surface area contributed by atoms with Crippen molar-refractivity contribution < 1.29 is 36.9 Å². The van der Waals surface area contributed by atoms with Gasteiger partial charge in [0.2, 0.25) is 0 Å². The van der Waals surface area contributed by atoms with Gasteiger partial charge in [0.05, 0.1) is 0 Å². The van der Waals surface area contributed by atoms with Crippen molar-refractivity contribution in [3.63, 3.8) is 0 Å². The molecule has 0 spiro atoms. The molecule has 0 amide bonds. The SMILES string of the molecule is O=C([O-])C1CC1c1ccccc1.O=C([O-])[C@@H]1C[C@H]1c1ccccc1.[Cu+2]. The summed E-state index contributed by atoms with van der Waals surface area (Å²) < 4.78 is 0. The maximum Gasteiger partial charge on any atom is 2.00 e. The van der Waals surface area contributed by atoms with Crippen molar-refractivity contribution in [3.05, 3.63) is 71.8 Å². The molecule has 2 aliphatic rings. The molecule has 2 aromatic carbocycles. The third-order valence-corrected chi connectivity index (χ3v) is 4.64. The van der Waals surface area contributed by atoms with Crippen LogP contribution < -0.4 is 10.2 Å². The normalized spacial score (nSPS) is 25.6. The number of hydrogen-bond donors (Lipinski definition) is 0. The maximum absolute atomic E-state index is 10.4. The summed E-state index contributed by atoms with van der Waals surface area (Å²) in [6.07, 6.45) is 1.48. The van der Waals surface area contributed by atoms with E-state index >= 15 is 0 Å². The van der Waals surface area contributed by atoms with Gasteiger partial charge < -0.3 is 19.8 Å². The Morgan fingerprint density at radius 1 is 0.680 bits per heavy atom. The molecule has 25 heavy (non-hydrogen) atoms. The van der Waals surface area contributed by atoms with E-state index in [0.29, 0.717) is 0 Å². The molecular formula is C20H18CuO4. The van der Waals surface area contributed by atoms with Gasteiger partial charge in [-0.3, -0.25) is 0 Å². The van der Waals surface area contributed by atoms with Crippen molar-refractivity contribution in [1.29, 1.82) is 0 Å². The van der Waals surface area contributed by atoms with Crippen LogP contribution in [-0.4, -0.2) is 11.9 Å². The summed E-state index contributed by atoms with van der Waals surface area (Å²) in [6.45, 7) is 0. The van der Waals surface area contributed by atoms with Gasteiger partial charge in [0, 0.05) is 23.8 Å². The van der Waals surface area contributed by atoms with E-state index in [2.05, 4.69) is 0 Å². The molecule has 0 aliphatic heterocycles. The second-order valence-corrected chi connectivity index (χ2v) is 6.36. The molecular weight excluding hydrogens is 368 g/mol. The molecule has 1 radical (unpaired) electrons. The van der Waals surface area contributed by atoms with Gasteiger partial charge in [-0.25, -0.2) is 0 Å². The summed E-state index contributed by atoms with van der Waals surface area (Å²) in [5.74, 6) is -1.90. The molecule has 4 nitrogen and oxygen atoms in total. The molecule has 0 heterocycles. The van der Waals surface area contributed by atoms with E-state index in [1.807, 2.05) is 60.7 Å². The predicted molar refractivity (Wildman–Crippen MR) is 84.6 cm³/mol. The summed E-state index contributed by atoms with van der Waals surface area (Å²) in [5, 5.41) is 20.9.